The van der Waals surface area contributed by atoms with Crippen LogP contribution in [0.4, 0.5) is 47.6 Å². The predicted octanol–water partition coefficient (Wildman–Crippen LogP) is 8.00. The molecule has 0 saturated heterocycles. The molecule has 1 aromatic heterocycles. The number of nitrogens with one attached hydrogen (secondary N) is 2. The van der Waals surface area contributed by atoms with Crippen LogP contribution in [0.2, 0.25) is 0 Å². The van der Waals surface area contributed by atoms with E-state index in [0.29, 0.717) is 30.3 Å². The number of benzene rings is 3. The summed E-state index contributed by atoms with van der Waals surface area (Å²) in [5, 5.41) is 35.0. The second-order valence-electron chi connectivity index (χ2n) is 8.58. The van der Waals surface area contributed by atoms with Gasteiger partial charge in [-0.15, -0.1) is 10.2 Å². The van der Waals surface area contributed by atoms with Gasteiger partial charge in [-0.1, -0.05) is 48.5 Å². The molecule has 202 valence electrons. The number of nitriles is 1. The second-order valence-corrected chi connectivity index (χ2v) is 8.58. The van der Waals surface area contributed by atoms with Gasteiger partial charge < -0.3 is 10.6 Å². The SMILES string of the molecule is Cc1c(C#N)c(Nc2ccccc2)nc(NCCc2ccccc2)c1N=Nc1ccc([N+](=O)[O-])cc1C(F)(F)F. The minimum atomic E-state index is -4.91. The Bertz CT molecular complexity index is 1590. The first kappa shape index (κ1) is 27.7. The summed E-state index contributed by atoms with van der Waals surface area (Å²) < 4.78 is 41.0. The summed E-state index contributed by atoms with van der Waals surface area (Å²) in [6, 6.07) is 22.9. The fourth-order valence-electron chi connectivity index (χ4n) is 3.85. The molecule has 0 radical (unpaired) electrons. The van der Waals surface area contributed by atoms with Crippen LogP contribution in [0.3, 0.4) is 0 Å². The average Bonchev–Trinajstić information content (AvgIpc) is 2.93. The van der Waals surface area contributed by atoms with Crippen molar-refractivity contribution in [3.63, 3.8) is 0 Å². The van der Waals surface area contributed by atoms with Crippen LogP contribution in [0.1, 0.15) is 22.3 Å². The molecule has 4 rings (SSSR count). The van der Waals surface area contributed by atoms with Gasteiger partial charge in [0, 0.05) is 29.9 Å². The minimum Gasteiger partial charge on any atom is -0.368 e. The highest BCUT2D eigenvalue weighted by atomic mass is 19.4. The van der Waals surface area contributed by atoms with E-state index < -0.39 is 28.0 Å². The fraction of sp³-hybridized carbons (Fsp3) is 0.143. The fourth-order valence-corrected chi connectivity index (χ4v) is 3.85. The molecular formula is C28H22F3N7O2. The van der Waals surface area contributed by atoms with Crippen LogP contribution in [0.25, 0.3) is 0 Å². The molecule has 0 aliphatic heterocycles. The first-order valence-corrected chi connectivity index (χ1v) is 12.0. The molecule has 12 heteroatoms. The molecule has 1 heterocycles. The molecule has 0 atom stereocenters. The Morgan fingerprint density at radius 3 is 2.30 bits per heavy atom. The van der Waals surface area contributed by atoms with Gasteiger partial charge in [0.1, 0.15) is 11.8 Å². The quantitative estimate of drug-likeness (QED) is 0.125. The van der Waals surface area contributed by atoms with Crippen LogP contribution in [0.15, 0.2) is 89.1 Å². The first-order chi connectivity index (χ1) is 19.2. The third-order valence-electron chi connectivity index (χ3n) is 5.87. The molecule has 0 saturated carbocycles. The highest BCUT2D eigenvalue weighted by Crippen LogP contribution is 2.41. The Hall–Kier alpha value is -5.31. The predicted molar refractivity (Wildman–Crippen MR) is 144 cm³/mol. The van der Waals surface area contributed by atoms with Crippen LogP contribution in [-0.4, -0.2) is 16.5 Å². The Balaban J connectivity index is 1.77. The molecule has 9 nitrogen and oxygen atoms in total. The number of non-ortho nitro benzene ring substituents is 1. The van der Waals surface area contributed by atoms with E-state index in [1.807, 2.05) is 48.5 Å². The average molecular weight is 546 g/mol. The van der Waals surface area contributed by atoms with Crippen LogP contribution >= 0.6 is 0 Å². The lowest BCUT2D eigenvalue weighted by molar-refractivity contribution is -0.385. The third-order valence-corrected chi connectivity index (χ3v) is 5.87. The number of nitrogens with zero attached hydrogens (tertiary/aromatic N) is 5. The zero-order valence-corrected chi connectivity index (χ0v) is 21.1. The number of halogens is 3. The number of nitro groups is 1. The van der Waals surface area contributed by atoms with Crippen molar-refractivity contribution in [2.45, 2.75) is 19.5 Å². The molecular weight excluding hydrogens is 523 g/mol. The lowest BCUT2D eigenvalue weighted by atomic mass is 10.1. The molecule has 2 N–H and O–H groups in total. The van der Waals surface area contributed by atoms with Crippen molar-refractivity contribution in [3.8, 4) is 6.07 Å². The van der Waals surface area contributed by atoms with Gasteiger partial charge in [0.25, 0.3) is 5.69 Å². The van der Waals surface area contributed by atoms with Gasteiger partial charge >= 0.3 is 6.18 Å². The van der Waals surface area contributed by atoms with Crippen LogP contribution in [-0.2, 0) is 12.6 Å². The molecule has 0 amide bonds. The maximum absolute atomic E-state index is 13.7. The number of aromatic nitrogens is 1. The molecule has 4 aromatic rings. The molecule has 0 aliphatic carbocycles. The third kappa shape index (κ3) is 6.57. The number of alkyl halides is 3. The first-order valence-electron chi connectivity index (χ1n) is 12.0. The number of pyridine rings is 1. The molecule has 3 aromatic carbocycles. The van der Waals surface area contributed by atoms with Crippen LogP contribution in [0, 0.1) is 28.4 Å². The number of rotatable bonds is 9. The Morgan fingerprint density at radius 1 is 1.00 bits per heavy atom. The normalized spacial score (nSPS) is 11.3. The van der Waals surface area contributed by atoms with Crippen molar-refractivity contribution in [2.75, 3.05) is 17.2 Å². The zero-order chi connectivity index (χ0) is 28.7. The highest BCUT2D eigenvalue weighted by molar-refractivity contribution is 5.76. The molecule has 40 heavy (non-hydrogen) atoms. The number of para-hydroxylation sites is 1. The molecule has 0 bridgehead atoms. The number of anilines is 3. The van der Waals surface area contributed by atoms with E-state index in [2.05, 4.69) is 31.9 Å². The largest absolute Gasteiger partial charge is 0.418 e. The van der Waals surface area contributed by atoms with Gasteiger partial charge in [0.05, 0.1) is 21.7 Å². The summed E-state index contributed by atoms with van der Waals surface area (Å²) >= 11 is 0. The number of azo groups is 1. The topological polar surface area (TPSA) is 129 Å². The zero-order valence-electron chi connectivity index (χ0n) is 21.1. The molecule has 0 spiro atoms. The van der Waals surface area contributed by atoms with Gasteiger partial charge in [0.2, 0.25) is 0 Å². The van der Waals surface area contributed by atoms with E-state index >= 15 is 0 Å². The summed E-state index contributed by atoms with van der Waals surface area (Å²) in [6.07, 6.45) is -4.30. The van der Waals surface area contributed by atoms with E-state index in [4.69, 9.17) is 0 Å². The van der Waals surface area contributed by atoms with Crippen molar-refractivity contribution in [1.29, 1.82) is 5.26 Å². The van der Waals surface area contributed by atoms with E-state index in [0.717, 1.165) is 17.7 Å². The summed E-state index contributed by atoms with van der Waals surface area (Å²) in [7, 11) is 0. The van der Waals surface area contributed by atoms with Gasteiger partial charge in [-0.3, -0.25) is 10.1 Å². The molecule has 0 unspecified atom stereocenters. The molecule has 0 aliphatic rings. The highest BCUT2D eigenvalue weighted by Gasteiger charge is 2.35. The van der Waals surface area contributed by atoms with Crippen molar-refractivity contribution in [2.24, 2.45) is 10.2 Å². The Kier molecular flexibility index (Phi) is 8.34. The summed E-state index contributed by atoms with van der Waals surface area (Å²) in [4.78, 5) is 14.6. The Morgan fingerprint density at radius 2 is 1.68 bits per heavy atom. The smallest absolute Gasteiger partial charge is 0.368 e. The van der Waals surface area contributed by atoms with Gasteiger partial charge in [-0.25, -0.2) is 4.98 Å². The number of hydrogen-bond acceptors (Lipinski definition) is 8. The van der Waals surface area contributed by atoms with Gasteiger partial charge in [0.15, 0.2) is 11.6 Å². The second kappa shape index (κ2) is 12.0. The van der Waals surface area contributed by atoms with Crippen molar-refractivity contribution >= 4 is 34.4 Å². The maximum atomic E-state index is 13.7. The number of nitro benzene ring substituents is 1. The van der Waals surface area contributed by atoms with E-state index in [-0.39, 0.29) is 22.9 Å². The lowest BCUT2D eigenvalue weighted by Gasteiger charge is -2.16. The van der Waals surface area contributed by atoms with Crippen LogP contribution in [0.5, 0.6) is 0 Å². The minimum absolute atomic E-state index is 0.0645. The van der Waals surface area contributed by atoms with E-state index in [1.165, 1.54) is 0 Å². The van der Waals surface area contributed by atoms with E-state index in [9.17, 15) is 28.5 Å². The maximum Gasteiger partial charge on any atom is 0.418 e. The van der Waals surface area contributed by atoms with Gasteiger partial charge in [-0.05, 0) is 37.1 Å². The summed E-state index contributed by atoms with van der Waals surface area (Å²) in [5.41, 5.74) is -0.396. The monoisotopic (exact) mass is 545 g/mol. The van der Waals surface area contributed by atoms with Crippen LogP contribution < -0.4 is 10.6 Å². The summed E-state index contributed by atoms with van der Waals surface area (Å²) in [5.74, 6) is 0.434. The Labute approximate surface area is 227 Å². The summed E-state index contributed by atoms with van der Waals surface area (Å²) in [6.45, 7) is 1.99. The van der Waals surface area contributed by atoms with Crippen molar-refractivity contribution in [3.05, 3.63) is 111 Å². The van der Waals surface area contributed by atoms with E-state index in [1.54, 1.807) is 19.1 Å². The standard InChI is InChI=1S/C28H22F3N7O2/c1-18-22(17-32)26(34-20-10-6-3-7-11-20)35-27(33-15-14-19-8-4-2-5-9-19)25(18)37-36-24-13-12-21(38(39)40)16-23(24)28(29,30)31/h2-13,16H,14-15H2,1H3,(H2,33,34,35). The van der Waals surface area contributed by atoms with Crippen molar-refractivity contribution < 1.29 is 18.1 Å². The van der Waals surface area contributed by atoms with Gasteiger partial charge in [-0.2, -0.15) is 18.4 Å². The van der Waals surface area contributed by atoms with Crippen molar-refractivity contribution in [1.82, 2.24) is 4.98 Å². The lowest BCUT2D eigenvalue weighted by Crippen LogP contribution is -2.09. The number of hydrogen-bond donors (Lipinski definition) is 2. The molecule has 0 fully saturated rings.